The van der Waals surface area contributed by atoms with E-state index in [0.29, 0.717) is 6.42 Å². The molecule has 122 valence electrons. The standard InChI is InChI=1S/C15H28N2O4/c1-5-6-7-11(17-14(20)21-15(2,3)4)12(18)13(19)16-10-8-9-10/h10-12,18H,5-9H2,1-4H3,(H,16,19)(H,17,20)/t11-,12-/m0/s1. The summed E-state index contributed by atoms with van der Waals surface area (Å²) in [6.07, 6.45) is 2.33. The first-order valence-corrected chi connectivity index (χ1v) is 7.71. The number of nitrogens with one attached hydrogen (secondary N) is 2. The quantitative estimate of drug-likeness (QED) is 0.668. The lowest BCUT2D eigenvalue weighted by Crippen LogP contribution is -2.51. The van der Waals surface area contributed by atoms with Gasteiger partial charge in [0.25, 0.3) is 5.91 Å². The van der Waals surface area contributed by atoms with E-state index < -0.39 is 29.7 Å². The second-order valence-electron chi connectivity index (χ2n) is 6.62. The zero-order chi connectivity index (χ0) is 16.0. The van der Waals surface area contributed by atoms with Crippen LogP contribution < -0.4 is 10.6 Å². The molecule has 1 aliphatic rings. The Kier molecular flexibility index (Phi) is 6.45. The molecule has 0 aliphatic heterocycles. The van der Waals surface area contributed by atoms with E-state index >= 15 is 0 Å². The van der Waals surface area contributed by atoms with Crippen molar-refractivity contribution in [1.29, 1.82) is 0 Å². The summed E-state index contributed by atoms with van der Waals surface area (Å²) in [5, 5.41) is 15.5. The molecule has 1 fully saturated rings. The van der Waals surface area contributed by atoms with Crippen molar-refractivity contribution < 1.29 is 19.4 Å². The van der Waals surface area contributed by atoms with Gasteiger partial charge in [-0.1, -0.05) is 19.8 Å². The lowest BCUT2D eigenvalue weighted by atomic mass is 10.0. The van der Waals surface area contributed by atoms with E-state index in [2.05, 4.69) is 10.6 Å². The Labute approximate surface area is 126 Å². The minimum Gasteiger partial charge on any atom is -0.444 e. The fraction of sp³-hybridized carbons (Fsp3) is 0.867. The Morgan fingerprint density at radius 3 is 2.43 bits per heavy atom. The minimum atomic E-state index is -1.25. The van der Waals surface area contributed by atoms with E-state index in [1.54, 1.807) is 20.8 Å². The highest BCUT2D eigenvalue weighted by molar-refractivity contribution is 5.82. The number of carbonyl (C=O) groups is 2. The van der Waals surface area contributed by atoms with Crippen molar-refractivity contribution in [2.45, 2.75) is 83.6 Å². The highest BCUT2D eigenvalue weighted by Crippen LogP contribution is 2.19. The van der Waals surface area contributed by atoms with Gasteiger partial charge in [-0.2, -0.15) is 0 Å². The van der Waals surface area contributed by atoms with Gasteiger partial charge in [0.1, 0.15) is 5.60 Å². The minimum absolute atomic E-state index is 0.181. The predicted molar refractivity (Wildman–Crippen MR) is 79.9 cm³/mol. The molecule has 21 heavy (non-hydrogen) atoms. The van der Waals surface area contributed by atoms with Crippen molar-refractivity contribution in [3.05, 3.63) is 0 Å². The number of aliphatic hydroxyl groups excluding tert-OH is 1. The van der Waals surface area contributed by atoms with Crippen LogP contribution in [-0.2, 0) is 9.53 Å². The zero-order valence-electron chi connectivity index (χ0n) is 13.4. The maximum Gasteiger partial charge on any atom is 0.407 e. The normalized spacial score (nSPS) is 17.8. The van der Waals surface area contributed by atoms with Gasteiger partial charge in [0.05, 0.1) is 6.04 Å². The Hall–Kier alpha value is -1.30. The van der Waals surface area contributed by atoms with Crippen molar-refractivity contribution >= 4 is 12.0 Å². The van der Waals surface area contributed by atoms with E-state index in [4.69, 9.17) is 4.74 Å². The third kappa shape index (κ3) is 7.32. The van der Waals surface area contributed by atoms with Crippen LogP contribution in [0, 0.1) is 0 Å². The smallest absolute Gasteiger partial charge is 0.407 e. The number of amides is 2. The fourth-order valence-corrected chi connectivity index (χ4v) is 1.89. The van der Waals surface area contributed by atoms with E-state index in [9.17, 15) is 14.7 Å². The molecule has 1 aliphatic carbocycles. The predicted octanol–water partition coefficient (Wildman–Crippen LogP) is 1.71. The second-order valence-corrected chi connectivity index (χ2v) is 6.62. The van der Waals surface area contributed by atoms with Crippen LogP contribution in [0.3, 0.4) is 0 Å². The Morgan fingerprint density at radius 1 is 1.33 bits per heavy atom. The summed E-state index contributed by atoms with van der Waals surface area (Å²) in [5.74, 6) is -0.422. The van der Waals surface area contributed by atoms with Crippen LogP contribution in [0.1, 0.15) is 59.8 Å². The average Bonchev–Trinajstić information content (AvgIpc) is 3.15. The van der Waals surface area contributed by atoms with E-state index in [-0.39, 0.29) is 6.04 Å². The van der Waals surface area contributed by atoms with Crippen molar-refractivity contribution in [3.8, 4) is 0 Å². The summed E-state index contributed by atoms with van der Waals surface area (Å²) in [4.78, 5) is 23.7. The number of hydrogen-bond acceptors (Lipinski definition) is 4. The van der Waals surface area contributed by atoms with Crippen molar-refractivity contribution in [3.63, 3.8) is 0 Å². The first kappa shape index (κ1) is 17.8. The molecule has 0 spiro atoms. The number of rotatable bonds is 7. The molecular weight excluding hydrogens is 272 g/mol. The van der Waals surface area contributed by atoms with Gasteiger partial charge in [0, 0.05) is 6.04 Å². The van der Waals surface area contributed by atoms with E-state index in [0.717, 1.165) is 25.7 Å². The summed E-state index contributed by atoms with van der Waals surface area (Å²) in [6.45, 7) is 7.32. The van der Waals surface area contributed by atoms with E-state index in [1.807, 2.05) is 6.92 Å². The fourth-order valence-electron chi connectivity index (χ4n) is 1.89. The molecule has 3 N–H and O–H groups in total. The largest absolute Gasteiger partial charge is 0.444 e. The molecular formula is C15H28N2O4. The summed E-state index contributed by atoms with van der Waals surface area (Å²) >= 11 is 0. The molecule has 2 atom stereocenters. The lowest BCUT2D eigenvalue weighted by molar-refractivity contribution is -0.131. The van der Waals surface area contributed by atoms with Crippen LogP contribution in [0.4, 0.5) is 4.79 Å². The van der Waals surface area contributed by atoms with Crippen molar-refractivity contribution in [2.75, 3.05) is 0 Å². The monoisotopic (exact) mass is 300 g/mol. The topological polar surface area (TPSA) is 87.7 Å². The molecule has 6 nitrogen and oxygen atoms in total. The summed E-state index contributed by atoms with van der Waals surface area (Å²) in [7, 11) is 0. The van der Waals surface area contributed by atoms with E-state index in [1.165, 1.54) is 0 Å². The maximum absolute atomic E-state index is 11.9. The van der Waals surface area contributed by atoms with Gasteiger partial charge >= 0.3 is 6.09 Å². The molecule has 0 aromatic carbocycles. The zero-order valence-corrected chi connectivity index (χ0v) is 13.4. The third-order valence-electron chi connectivity index (χ3n) is 3.14. The number of hydrogen-bond donors (Lipinski definition) is 3. The van der Waals surface area contributed by atoms with Crippen LogP contribution in [0.5, 0.6) is 0 Å². The van der Waals surface area contributed by atoms with Gasteiger partial charge < -0.3 is 20.5 Å². The number of unbranched alkanes of at least 4 members (excludes halogenated alkanes) is 1. The van der Waals surface area contributed by atoms with Gasteiger partial charge in [-0.05, 0) is 40.0 Å². The molecule has 2 amide bonds. The number of alkyl carbamates (subject to hydrolysis) is 1. The third-order valence-corrected chi connectivity index (χ3v) is 3.14. The molecule has 6 heteroatoms. The Balaban J connectivity index is 2.55. The Morgan fingerprint density at radius 2 is 1.95 bits per heavy atom. The maximum atomic E-state index is 11.9. The molecule has 0 unspecified atom stereocenters. The molecule has 0 aromatic heterocycles. The van der Waals surface area contributed by atoms with Gasteiger partial charge in [-0.25, -0.2) is 4.79 Å². The lowest BCUT2D eigenvalue weighted by Gasteiger charge is -2.26. The molecule has 0 saturated heterocycles. The van der Waals surface area contributed by atoms with Gasteiger partial charge in [-0.15, -0.1) is 0 Å². The highest BCUT2D eigenvalue weighted by Gasteiger charge is 2.32. The van der Waals surface area contributed by atoms with Crippen LogP contribution in [0.25, 0.3) is 0 Å². The second kappa shape index (κ2) is 7.64. The first-order chi connectivity index (χ1) is 9.73. The summed E-state index contributed by atoms with van der Waals surface area (Å²) in [6, 6.07) is -0.445. The molecule has 0 aromatic rings. The van der Waals surface area contributed by atoms with Gasteiger partial charge in [0.15, 0.2) is 6.10 Å². The van der Waals surface area contributed by atoms with Crippen LogP contribution >= 0.6 is 0 Å². The number of aliphatic hydroxyl groups is 1. The molecule has 1 saturated carbocycles. The summed E-state index contributed by atoms with van der Waals surface area (Å²) < 4.78 is 5.18. The van der Waals surface area contributed by atoms with Crippen LogP contribution in [0.15, 0.2) is 0 Å². The molecule has 0 bridgehead atoms. The van der Waals surface area contributed by atoms with Gasteiger partial charge in [0.2, 0.25) is 0 Å². The van der Waals surface area contributed by atoms with Crippen LogP contribution in [0.2, 0.25) is 0 Å². The first-order valence-electron chi connectivity index (χ1n) is 7.71. The average molecular weight is 300 g/mol. The van der Waals surface area contributed by atoms with Crippen LogP contribution in [-0.4, -0.2) is 40.9 Å². The van der Waals surface area contributed by atoms with Crippen molar-refractivity contribution in [2.24, 2.45) is 0 Å². The molecule has 0 radical (unpaired) electrons. The number of ether oxygens (including phenoxy) is 1. The number of carbonyl (C=O) groups excluding carboxylic acids is 2. The summed E-state index contributed by atoms with van der Waals surface area (Å²) in [5.41, 5.74) is -0.611. The highest BCUT2D eigenvalue weighted by atomic mass is 16.6. The van der Waals surface area contributed by atoms with Gasteiger partial charge in [-0.3, -0.25) is 4.79 Å². The Bertz CT molecular complexity index is 361. The molecule has 1 rings (SSSR count). The van der Waals surface area contributed by atoms with Crippen molar-refractivity contribution in [1.82, 2.24) is 10.6 Å². The molecule has 0 heterocycles. The SMILES string of the molecule is CCCC[C@H](NC(=O)OC(C)(C)C)[C@H](O)C(=O)NC1CC1.